The Morgan fingerprint density at radius 1 is 1.16 bits per heavy atom. The zero-order valence-electron chi connectivity index (χ0n) is 11.1. The Morgan fingerprint density at radius 3 is 2.47 bits per heavy atom. The second kappa shape index (κ2) is 5.57. The second-order valence-electron chi connectivity index (χ2n) is 4.35. The summed E-state index contributed by atoms with van der Waals surface area (Å²) in [6.07, 6.45) is 0. The third-order valence-electron chi connectivity index (χ3n) is 2.89. The molecule has 0 saturated heterocycles. The van der Waals surface area contributed by atoms with Crippen molar-refractivity contribution in [2.45, 2.75) is 13.8 Å². The molecule has 0 aromatic heterocycles. The monoisotopic (exact) mass is 255 g/mol. The molecule has 0 aliphatic carbocycles. The molecule has 0 heterocycles. The maximum atomic E-state index is 12.5. The molecule has 0 aliphatic rings. The summed E-state index contributed by atoms with van der Waals surface area (Å²) < 4.78 is 5.49. The van der Waals surface area contributed by atoms with Crippen LogP contribution in [-0.4, -0.2) is 12.4 Å². The van der Waals surface area contributed by atoms with Gasteiger partial charge in [-0.3, -0.25) is 4.79 Å². The number of aryl methyl sites for hydroxylation is 1. The standard InChI is InChI=1S/C16H17NO2/c1-3-19-16-13(5-4-6-14(16)17)15(18)12-9-7-11(2)8-10-12/h4-10H,3,17H2,1-2H3. The lowest BCUT2D eigenvalue weighted by Gasteiger charge is -2.11. The number of anilines is 1. The molecule has 0 spiro atoms. The smallest absolute Gasteiger partial charge is 0.196 e. The number of benzene rings is 2. The van der Waals surface area contributed by atoms with Crippen LogP contribution in [0.1, 0.15) is 28.4 Å². The predicted molar refractivity (Wildman–Crippen MR) is 76.6 cm³/mol. The van der Waals surface area contributed by atoms with Crippen LogP contribution < -0.4 is 10.5 Å². The molecule has 0 fully saturated rings. The normalized spacial score (nSPS) is 10.2. The van der Waals surface area contributed by atoms with Gasteiger partial charge in [-0.15, -0.1) is 0 Å². The number of nitrogen functional groups attached to an aromatic ring is 1. The Labute approximate surface area is 113 Å². The minimum Gasteiger partial charge on any atom is -0.491 e. The number of hydrogen-bond acceptors (Lipinski definition) is 3. The Morgan fingerprint density at radius 2 is 1.84 bits per heavy atom. The Balaban J connectivity index is 2.43. The molecule has 3 heteroatoms. The summed E-state index contributed by atoms with van der Waals surface area (Å²) in [7, 11) is 0. The van der Waals surface area contributed by atoms with E-state index in [2.05, 4.69) is 0 Å². The van der Waals surface area contributed by atoms with Crippen LogP contribution in [0.2, 0.25) is 0 Å². The Kier molecular flexibility index (Phi) is 3.85. The fraction of sp³-hybridized carbons (Fsp3) is 0.188. The van der Waals surface area contributed by atoms with Gasteiger partial charge in [-0.2, -0.15) is 0 Å². The maximum Gasteiger partial charge on any atom is 0.196 e. The van der Waals surface area contributed by atoms with E-state index >= 15 is 0 Å². The van der Waals surface area contributed by atoms with Crippen molar-refractivity contribution in [1.82, 2.24) is 0 Å². The van der Waals surface area contributed by atoms with Crippen molar-refractivity contribution in [1.29, 1.82) is 0 Å². The van der Waals surface area contributed by atoms with E-state index in [0.29, 0.717) is 29.2 Å². The number of rotatable bonds is 4. The van der Waals surface area contributed by atoms with Crippen LogP contribution in [0, 0.1) is 6.92 Å². The highest BCUT2D eigenvalue weighted by atomic mass is 16.5. The second-order valence-corrected chi connectivity index (χ2v) is 4.35. The zero-order valence-corrected chi connectivity index (χ0v) is 11.1. The van der Waals surface area contributed by atoms with Crippen molar-refractivity contribution in [2.75, 3.05) is 12.3 Å². The van der Waals surface area contributed by atoms with Crippen molar-refractivity contribution in [3.05, 3.63) is 59.2 Å². The number of nitrogens with two attached hydrogens (primary N) is 1. The van der Waals surface area contributed by atoms with Crippen molar-refractivity contribution < 1.29 is 9.53 Å². The largest absolute Gasteiger partial charge is 0.491 e. The molecule has 0 atom stereocenters. The summed E-state index contributed by atoms with van der Waals surface area (Å²) in [6, 6.07) is 12.7. The lowest BCUT2D eigenvalue weighted by molar-refractivity contribution is 0.103. The molecule has 19 heavy (non-hydrogen) atoms. The van der Waals surface area contributed by atoms with Gasteiger partial charge >= 0.3 is 0 Å². The van der Waals surface area contributed by atoms with Crippen molar-refractivity contribution in [2.24, 2.45) is 0 Å². The van der Waals surface area contributed by atoms with Crippen LogP contribution in [0.25, 0.3) is 0 Å². The van der Waals surface area contributed by atoms with E-state index in [1.807, 2.05) is 38.1 Å². The Hall–Kier alpha value is -2.29. The number of hydrogen-bond donors (Lipinski definition) is 1. The van der Waals surface area contributed by atoms with Gasteiger partial charge in [-0.05, 0) is 26.0 Å². The van der Waals surface area contributed by atoms with Gasteiger partial charge in [0, 0.05) is 5.56 Å². The van der Waals surface area contributed by atoms with E-state index in [1.54, 1.807) is 18.2 Å². The van der Waals surface area contributed by atoms with Gasteiger partial charge < -0.3 is 10.5 Å². The average Bonchev–Trinajstić information content (AvgIpc) is 2.41. The van der Waals surface area contributed by atoms with E-state index in [1.165, 1.54) is 0 Å². The molecule has 98 valence electrons. The number of carbonyl (C=O) groups excluding carboxylic acids is 1. The first kappa shape index (κ1) is 13.1. The number of ketones is 1. The zero-order chi connectivity index (χ0) is 13.8. The van der Waals surface area contributed by atoms with E-state index < -0.39 is 0 Å². The molecular weight excluding hydrogens is 238 g/mol. The summed E-state index contributed by atoms with van der Waals surface area (Å²) in [5, 5.41) is 0. The van der Waals surface area contributed by atoms with Gasteiger partial charge in [-0.1, -0.05) is 35.9 Å². The van der Waals surface area contributed by atoms with Gasteiger partial charge in [0.1, 0.15) is 0 Å². The number of ether oxygens (including phenoxy) is 1. The van der Waals surface area contributed by atoms with Gasteiger partial charge in [0.2, 0.25) is 0 Å². The van der Waals surface area contributed by atoms with Crippen LogP contribution >= 0.6 is 0 Å². The molecule has 2 rings (SSSR count). The lowest BCUT2D eigenvalue weighted by atomic mass is 10.0. The molecule has 2 N–H and O–H groups in total. The van der Waals surface area contributed by atoms with Crippen LogP contribution in [0.4, 0.5) is 5.69 Å². The molecular formula is C16H17NO2. The summed E-state index contributed by atoms with van der Waals surface area (Å²) in [5.41, 5.74) is 8.62. The average molecular weight is 255 g/mol. The van der Waals surface area contributed by atoms with Crippen LogP contribution in [0.5, 0.6) is 5.75 Å². The summed E-state index contributed by atoms with van der Waals surface area (Å²) in [4.78, 5) is 12.5. The van der Waals surface area contributed by atoms with E-state index in [9.17, 15) is 4.79 Å². The third kappa shape index (κ3) is 2.76. The van der Waals surface area contributed by atoms with Crippen LogP contribution in [0.15, 0.2) is 42.5 Å². The third-order valence-corrected chi connectivity index (χ3v) is 2.89. The molecule has 0 saturated carbocycles. The van der Waals surface area contributed by atoms with Gasteiger partial charge in [0.15, 0.2) is 11.5 Å². The highest BCUT2D eigenvalue weighted by molar-refractivity contribution is 6.11. The highest BCUT2D eigenvalue weighted by Crippen LogP contribution is 2.28. The lowest BCUT2D eigenvalue weighted by Crippen LogP contribution is -2.07. The maximum absolute atomic E-state index is 12.5. The minimum atomic E-state index is -0.0734. The molecule has 0 radical (unpaired) electrons. The predicted octanol–water partition coefficient (Wildman–Crippen LogP) is 3.21. The minimum absolute atomic E-state index is 0.0734. The fourth-order valence-corrected chi connectivity index (χ4v) is 1.90. The van der Waals surface area contributed by atoms with Gasteiger partial charge in [0.25, 0.3) is 0 Å². The highest BCUT2D eigenvalue weighted by Gasteiger charge is 2.16. The molecule has 3 nitrogen and oxygen atoms in total. The number of carbonyl (C=O) groups is 1. The molecule has 2 aromatic carbocycles. The summed E-state index contributed by atoms with van der Waals surface area (Å²) >= 11 is 0. The molecule has 0 amide bonds. The summed E-state index contributed by atoms with van der Waals surface area (Å²) in [5.74, 6) is 0.395. The number of para-hydroxylation sites is 1. The Bertz CT molecular complexity index is 588. The first-order chi connectivity index (χ1) is 9.13. The van der Waals surface area contributed by atoms with Crippen LogP contribution in [-0.2, 0) is 0 Å². The van der Waals surface area contributed by atoms with Gasteiger partial charge in [0.05, 0.1) is 17.9 Å². The summed E-state index contributed by atoms with van der Waals surface area (Å²) in [6.45, 7) is 4.33. The fourth-order valence-electron chi connectivity index (χ4n) is 1.90. The van der Waals surface area contributed by atoms with Gasteiger partial charge in [-0.25, -0.2) is 0 Å². The first-order valence-corrected chi connectivity index (χ1v) is 6.26. The topological polar surface area (TPSA) is 52.3 Å². The van der Waals surface area contributed by atoms with E-state index in [-0.39, 0.29) is 5.78 Å². The molecule has 0 unspecified atom stereocenters. The quantitative estimate of drug-likeness (QED) is 0.674. The van der Waals surface area contributed by atoms with E-state index in [4.69, 9.17) is 10.5 Å². The van der Waals surface area contributed by atoms with Crippen LogP contribution in [0.3, 0.4) is 0 Å². The SMILES string of the molecule is CCOc1c(N)cccc1C(=O)c1ccc(C)cc1. The van der Waals surface area contributed by atoms with Crippen molar-refractivity contribution >= 4 is 11.5 Å². The first-order valence-electron chi connectivity index (χ1n) is 6.26. The van der Waals surface area contributed by atoms with Crippen molar-refractivity contribution in [3.8, 4) is 5.75 Å². The molecule has 0 aliphatic heterocycles. The van der Waals surface area contributed by atoms with E-state index in [0.717, 1.165) is 5.56 Å². The molecule has 0 bridgehead atoms. The molecule has 2 aromatic rings. The van der Waals surface area contributed by atoms with Crippen molar-refractivity contribution in [3.63, 3.8) is 0 Å².